The quantitative estimate of drug-likeness (QED) is 0.344. The topological polar surface area (TPSA) is 73.1 Å². The number of hydrogen-bond donors (Lipinski definition) is 1. The highest BCUT2D eigenvalue weighted by atomic mass is 32.2. The van der Waals surface area contributed by atoms with Crippen molar-refractivity contribution in [1.29, 1.82) is 0 Å². The molecule has 6 nitrogen and oxygen atoms in total. The summed E-state index contributed by atoms with van der Waals surface area (Å²) in [4.78, 5) is 40.2. The number of rotatable bonds is 4. The number of benzene rings is 3. The molecule has 0 aliphatic carbocycles. The number of aromatic nitrogens is 2. The highest BCUT2D eigenvalue weighted by Gasteiger charge is 2.53. The fourth-order valence-electron chi connectivity index (χ4n) is 5.56. The lowest BCUT2D eigenvalue weighted by Gasteiger charge is -2.30. The number of nitrogens with one attached hydrogen (secondary N) is 1. The van der Waals surface area contributed by atoms with Crippen LogP contribution in [0.15, 0.2) is 101 Å². The van der Waals surface area contributed by atoms with E-state index >= 15 is 0 Å². The molecule has 5 aromatic rings. The van der Waals surface area contributed by atoms with E-state index in [9.17, 15) is 14.4 Å². The van der Waals surface area contributed by atoms with Crippen molar-refractivity contribution in [2.75, 3.05) is 0 Å². The van der Waals surface area contributed by atoms with Gasteiger partial charge in [-0.15, -0.1) is 0 Å². The van der Waals surface area contributed by atoms with Gasteiger partial charge in [0.1, 0.15) is 5.25 Å². The summed E-state index contributed by atoms with van der Waals surface area (Å²) in [6, 6.07) is 27.8. The maximum atomic E-state index is 13.4. The summed E-state index contributed by atoms with van der Waals surface area (Å²) in [7, 11) is 0. The first-order chi connectivity index (χ1) is 18.1. The summed E-state index contributed by atoms with van der Waals surface area (Å²) in [5.74, 6) is -1.55. The van der Waals surface area contributed by atoms with Crippen molar-refractivity contribution in [3.05, 3.63) is 117 Å². The molecule has 182 valence electrons. The molecule has 2 aliphatic heterocycles. The van der Waals surface area contributed by atoms with Crippen LogP contribution < -0.4 is 10.2 Å². The number of carbonyl (C=O) groups excluding carboxylic acids is 2. The van der Waals surface area contributed by atoms with Crippen molar-refractivity contribution in [3.63, 3.8) is 0 Å². The molecular weight excluding hydrogens is 502 g/mol. The zero-order chi connectivity index (χ0) is 25.1. The summed E-state index contributed by atoms with van der Waals surface area (Å²) in [6.07, 6.45) is 2.10. The van der Waals surface area contributed by atoms with Gasteiger partial charge < -0.3 is 4.57 Å². The van der Waals surface area contributed by atoms with E-state index in [0.29, 0.717) is 6.54 Å². The van der Waals surface area contributed by atoms with Gasteiger partial charge in [-0.1, -0.05) is 89.8 Å². The first-order valence-corrected chi connectivity index (χ1v) is 13.7. The first-order valence-electron chi connectivity index (χ1n) is 12.0. The van der Waals surface area contributed by atoms with E-state index in [1.807, 2.05) is 60.7 Å². The zero-order valence-corrected chi connectivity index (χ0v) is 21.2. The van der Waals surface area contributed by atoms with Crippen LogP contribution >= 0.6 is 23.1 Å². The van der Waals surface area contributed by atoms with E-state index in [4.69, 9.17) is 0 Å². The summed E-state index contributed by atoms with van der Waals surface area (Å²) < 4.78 is 3.88. The lowest BCUT2D eigenvalue weighted by Crippen LogP contribution is -2.31. The second-order valence-corrected chi connectivity index (χ2v) is 11.4. The van der Waals surface area contributed by atoms with Crippen LogP contribution in [0.2, 0.25) is 0 Å². The van der Waals surface area contributed by atoms with Crippen LogP contribution in [0.3, 0.4) is 0 Å². The molecule has 0 unspecified atom stereocenters. The average molecular weight is 524 g/mol. The molecule has 2 aliphatic rings. The van der Waals surface area contributed by atoms with Crippen LogP contribution in [-0.2, 0) is 16.1 Å². The maximum Gasteiger partial charge on any atom is 0.312 e. The van der Waals surface area contributed by atoms with E-state index < -0.39 is 17.1 Å². The Hall–Kier alpha value is -3.88. The highest BCUT2D eigenvalue weighted by Crippen LogP contribution is 2.53. The van der Waals surface area contributed by atoms with Gasteiger partial charge in [0.05, 0.1) is 16.6 Å². The second kappa shape index (κ2) is 8.61. The molecule has 3 aromatic carbocycles. The van der Waals surface area contributed by atoms with Gasteiger partial charge in [0.15, 0.2) is 0 Å². The Balaban J connectivity index is 1.46. The molecule has 8 heteroatoms. The van der Waals surface area contributed by atoms with Crippen molar-refractivity contribution >= 4 is 45.8 Å². The SMILES string of the molecule is O=C1NC(=O)[C@@H]2Sc3c(sc(=O)n3-c3ccccc3)[C@H](c3cn(Cc4ccccc4)c4ccccc34)[C@H]12. The van der Waals surface area contributed by atoms with Gasteiger partial charge >= 0.3 is 4.87 Å². The van der Waals surface area contributed by atoms with Gasteiger partial charge in [0, 0.05) is 34.4 Å². The Kier molecular flexibility index (Phi) is 5.19. The van der Waals surface area contributed by atoms with Gasteiger partial charge in [0.25, 0.3) is 0 Å². The highest BCUT2D eigenvalue weighted by molar-refractivity contribution is 8.00. The van der Waals surface area contributed by atoms with Crippen LogP contribution in [0, 0.1) is 5.92 Å². The van der Waals surface area contributed by atoms with E-state index in [1.54, 1.807) is 4.57 Å². The predicted molar refractivity (Wildman–Crippen MR) is 146 cm³/mol. The van der Waals surface area contributed by atoms with Crippen molar-refractivity contribution in [2.24, 2.45) is 5.92 Å². The summed E-state index contributed by atoms with van der Waals surface area (Å²) in [5, 5.41) is 3.75. The minimum atomic E-state index is -0.592. The van der Waals surface area contributed by atoms with Crippen LogP contribution in [0.5, 0.6) is 0 Å². The van der Waals surface area contributed by atoms with E-state index in [2.05, 4.69) is 40.3 Å². The third kappa shape index (κ3) is 3.51. The van der Waals surface area contributed by atoms with Crippen molar-refractivity contribution < 1.29 is 9.59 Å². The number of carbonyl (C=O) groups is 2. The fraction of sp³-hybridized carbons (Fsp3) is 0.138. The Bertz CT molecular complexity index is 1740. The molecule has 0 radical (unpaired) electrons. The number of para-hydroxylation sites is 2. The normalized spacial score (nSPS) is 20.6. The maximum absolute atomic E-state index is 13.4. The standard InChI is InChI=1S/C29H21N3O3S2/c33-26-23-22(20-16-31(15-17-9-3-1-4-10-17)21-14-8-7-13-19(20)21)25-28(36-24(23)27(34)30-26)32(29(35)37-25)18-11-5-2-6-12-18/h1-14,16,22-24H,15H2,(H,30,33,34)/t22-,23+,24-/m1/s1. The average Bonchev–Trinajstić information content (AvgIpc) is 3.54. The van der Waals surface area contributed by atoms with E-state index in [1.165, 1.54) is 28.7 Å². The van der Waals surface area contributed by atoms with Crippen molar-refractivity contribution in [2.45, 2.75) is 22.7 Å². The minimum absolute atomic E-state index is 0.116. The third-order valence-corrected chi connectivity index (χ3v) is 9.71. The van der Waals surface area contributed by atoms with Gasteiger partial charge in [-0.3, -0.25) is 24.3 Å². The molecule has 0 saturated carbocycles. The molecule has 1 N–H and O–H groups in total. The van der Waals surface area contributed by atoms with Gasteiger partial charge in [-0.25, -0.2) is 0 Å². The lowest BCUT2D eigenvalue weighted by atomic mass is 9.83. The molecule has 1 fully saturated rings. The molecule has 2 amide bonds. The van der Waals surface area contributed by atoms with Crippen molar-refractivity contribution in [3.8, 4) is 5.69 Å². The monoisotopic (exact) mass is 523 g/mol. The number of thioether (sulfide) groups is 1. The van der Waals surface area contributed by atoms with E-state index in [-0.39, 0.29) is 16.7 Å². The number of hydrogen-bond acceptors (Lipinski definition) is 5. The number of fused-ring (bicyclic) bond motifs is 3. The van der Waals surface area contributed by atoms with Crippen molar-refractivity contribution in [1.82, 2.24) is 14.5 Å². The van der Waals surface area contributed by atoms with E-state index in [0.717, 1.165) is 32.1 Å². The third-order valence-electron chi connectivity index (χ3n) is 7.17. The van der Waals surface area contributed by atoms with Crippen LogP contribution in [0.1, 0.15) is 21.9 Å². The number of nitrogens with zero attached hydrogens (tertiary/aromatic N) is 2. The second-order valence-electron chi connectivity index (χ2n) is 9.32. The molecule has 0 spiro atoms. The molecular formula is C29H21N3O3S2. The molecule has 3 atom stereocenters. The molecule has 1 saturated heterocycles. The number of thiazole rings is 1. The minimum Gasteiger partial charge on any atom is -0.343 e. The van der Waals surface area contributed by atoms with Gasteiger partial charge in [-0.05, 0) is 29.3 Å². The molecule has 4 heterocycles. The lowest BCUT2D eigenvalue weighted by molar-refractivity contribution is -0.125. The Labute approximate surface area is 220 Å². The predicted octanol–water partition coefficient (Wildman–Crippen LogP) is 4.78. The van der Waals surface area contributed by atoms with Crippen LogP contribution in [0.25, 0.3) is 16.6 Å². The summed E-state index contributed by atoms with van der Waals surface area (Å²) in [5.41, 5.74) is 3.94. The molecule has 7 rings (SSSR count). The molecule has 0 bridgehead atoms. The fourth-order valence-corrected chi connectivity index (χ4v) is 8.32. The molecule has 2 aromatic heterocycles. The van der Waals surface area contributed by atoms with Crippen LogP contribution in [0.4, 0.5) is 0 Å². The molecule has 37 heavy (non-hydrogen) atoms. The Morgan fingerprint density at radius 2 is 1.51 bits per heavy atom. The Morgan fingerprint density at radius 1 is 0.811 bits per heavy atom. The zero-order valence-electron chi connectivity index (χ0n) is 19.5. The number of imide groups is 1. The smallest absolute Gasteiger partial charge is 0.312 e. The number of amides is 2. The largest absolute Gasteiger partial charge is 0.343 e. The summed E-state index contributed by atoms with van der Waals surface area (Å²) >= 11 is 2.50. The summed E-state index contributed by atoms with van der Waals surface area (Å²) in [6.45, 7) is 0.677. The van der Waals surface area contributed by atoms with Gasteiger partial charge in [-0.2, -0.15) is 0 Å². The first kappa shape index (κ1) is 22.3. The van der Waals surface area contributed by atoms with Gasteiger partial charge in [0.2, 0.25) is 11.8 Å². The Morgan fingerprint density at radius 3 is 2.30 bits per heavy atom. The van der Waals surface area contributed by atoms with Crippen LogP contribution in [-0.4, -0.2) is 26.2 Å².